The maximum Gasteiger partial charge on any atom is 0.330 e. The molecule has 10 nitrogen and oxygen atoms in total. The quantitative estimate of drug-likeness (QED) is 0.314. The van der Waals surface area contributed by atoms with Crippen molar-refractivity contribution in [2.75, 3.05) is 13.1 Å². The SMILES string of the molecule is N=C(N)c1ccc(C(N)=O)cn1.NCC(=O)N1CCC[C@]1(C(=O)O)C12CC3CC(CC(C3)C1)C2. The Morgan fingerprint density at radius 3 is 2.09 bits per heavy atom. The van der Waals surface area contributed by atoms with E-state index in [9.17, 15) is 19.5 Å². The summed E-state index contributed by atoms with van der Waals surface area (Å²) in [6.45, 7) is 0.478. The Morgan fingerprint density at radius 1 is 1.09 bits per heavy atom. The van der Waals surface area contributed by atoms with Crippen molar-refractivity contribution in [2.24, 2.45) is 40.4 Å². The van der Waals surface area contributed by atoms with E-state index in [-0.39, 0.29) is 23.7 Å². The van der Waals surface area contributed by atoms with E-state index in [1.54, 1.807) is 4.90 Å². The third kappa shape index (κ3) is 3.93. The van der Waals surface area contributed by atoms with E-state index in [1.807, 2.05) is 0 Å². The highest BCUT2D eigenvalue weighted by Crippen LogP contribution is 2.66. The number of hydrogen-bond acceptors (Lipinski definition) is 6. The average molecular weight is 471 g/mol. The molecule has 1 aromatic rings. The summed E-state index contributed by atoms with van der Waals surface area (Å²) in [5, 5.41) is 17.2. The molecule has 4 saturated carbocycles. The summed E-state index contributed by atoms with van der Waals surface area (Å²) in [5.41, 5.74) is 15.2. The topological polar surface area (TPSA) is 189 Å². The molecule has 4 bridgehead atoms. The van der Waals surface area contributed by atoms with Crippen LogP contribution in [0.2, 0.25) is 0 Å². The Balaban J connectivity index is 0.000000195. The summed E-state index contributed by atoms with van der Waals surface area (Å²) in [5.74, 6) is 0.390. The van der Waals surface area contributed by atoms with Crippen molar-refractivity contribution in [2.45, 2.75) is 56.9 Å². The van der Waals surface area contributed by atoms with E-state index in [0.29, 0.717) is 42.0 Å². The predicted molar refractivity (Wildman–Crippen MR) is 125 cm³/mol. The van der Waals surface area contributed by atoms with Gasteiger partial charge in [0.1, 0.15) is 17.1 Å². The van der Waals surface area contributed by atoms with Crippen molar-refractivity contribution in [1.82, 2.24) is 9.88 Å². The molecule has 6 rings (SSSR count). The number of carboxylic acids is 1. The number of likely N-dealkylation sites (tertiary alicyclic amines) is 1. The van der Waals surface area contributed by atoms with Gasteiger partial charge in [0.05, 0.1) is 12.1 Å². The second-order valence-corrected chi connectivity index (χ2v) is 10.4. The van der Waals surface area contributed by atoms with Gasteiger partial charge in [-0.05, 0) is 81.3 Å². The van der Waals surface area contributed by atoms with Gasteiger partial charge in [-0.2, -0.15) is 0 Å². The first kappa shape index (κ1) is 24.1. The van der Waals surface area contributed by atoms with Gasteiger partial charge in [0.2, 0.25) is 11.8 Å². The Bertz CT molecular complexity index is 925. The molecule has 184 valence electrons. The van der Waals surface area contributed by atoms with Crippen LogP contribution < -0.4 is 17.2 Å². The molecule has 10 heteroatoms. The normalized spacial score (nSPS) is 33.2. The monoisotopic (exact) mass is 470 g/mol. The van der Waals surface area contributed by atoms with E-state index < -0.39 is 17.4 Å². The van der Waals surface area contributed by atoms with Crippen LogP contribution >= 0.6 is 0 Å². The molecule has 8 N–H and O–H groups in total. The van der Waals surface area contributed by atoms with Crippen LogP contribution in [-0.2, 0) is 9.59 Å². The molecular formula is C24H34N6O4. The molecule has 34 heavy (non-hydrogen) atoms. The molecular weight excluding hydrogens is 436 g/mol. The highest BCUT2D eigenvalue weighted by atomic mass is 16.4. The van der Waals surface area contributed by atoms with Crippen LogP contribution in [0.25, 0.3) is 0 Å². The van der Waals surface area contributed by atoms with Crippen LogP contribution in [0.4, 0.5) is 0 Å². The molecule has 0 aromatic carbocycles. The first-order chi connectivity index (χ1) is 16.1. The molecule has 0 spiro atoms. The lowest BCUT2D eigenvalue weighted by molar-refractivity contribution is -0.185. The number of primary amides is 1. The number of pyridine rings is 1. The zero-order valence-electron chi connectivity index (χ0n) is 19.3. The molecule has 4 aliphatic carbocycles. The van der Waals surface area contributed by atoms with Crippen molar-refractivity contribution < 1.29 is 19.5 Å². The Morgan fingerprint density at radius 2 is 1.68 bits per heavy atom. The highest BCUT2D eigenvalue weighted by molar-refractivity contribution is 5.95. The second kappa shape index (κ2) is 8.98. The van der Waals surface area contributed by atoms with E-state index >= 15 is 0 Å². The molecule has 1 atom stereocenters. The van der Waals surface area contributed by atoms with Crippen molar-refractivity contribution in [3.8, 4) is 0 Å². The standard InChI is InChI=1S/C17H26N2O3.C7H8N4O/c18-10-14(20)19-3-1-2-17(19,15(21)22)16-7-11-4-12(8-16)6-13(5-11)9-16;8-6(9)5-2-1-4(3-11-5)7(10)12/h11-13H,1-10,18H2,(H,21,22);1-3H,(H3,8,9)(H2,10,12)/t11?,12?,13?,16?,17-;/m0./s1. The highest BCUT2D eigenvalue weighted by Gasteiger charge is 2.67. The predicted octanol–water partition coefficient (Wildman–Crippen LogP) is 1.07. The number of carboxylic acid groups (broad SMARTS) is 1. The van der Waals surface area contributed by atoms with Crippen LogP contribution in [-0.4, -0.2) is 57.2 Å². The van der Waals surface area contributed by atoms with Gasteiger partial charge in [0.25, 0.3) is 0 Å². The molecule has 2 heterocycles. The number of rotatable bonds is 5. The fourth-order valence-electron chi connectivity index (χ4n) is 7.58. The van der Waals surface area contributed by atoms with E-state index in [2.05, 4.69) is 4.98 Å². The summed E-state index contributed by atoms with van der Waals surface area (Å²) in [6.07, 6.45) is 9.53. The number of nitrogens with one attached hydrogen (secondary N) is 1. The van der Waals surface area contributed by atoms with Crippen LogP contribution in [0.1, 0.15) is 67.4 Å². The maximum atomic E-state index is 12.4. The summed E-state index contributed by atoms with van der Waals surface area (Å²) in [7, 11) is 0. The van der Waals surface area contributed by atoms with Crippen LogP contribution in [0, 0.1) is 28.6 Å². The van der Waals surface area contributed by atoms with Gasteiger partial charge in [0.15, 0.2) is 0 Å². The third-order valence-electron chi connectivity index (χ3n) is 8.45. The summed E-state index contributed by atoms with van der Waals surface area (Å²) >= 11 is 0. The number of amides is 2. The van der Waals surface area contributed by atoms with Crippen LogP contribution in [0.15, 0.2) is 18.3 Å². The van der Waals surface area contributed by atoms with Crippen LogP contribution in [0.5, 0.6) is 0 Å². The van der Waals surface area contributed by atoms with Gasteiger partial charge in [-0.3, -0.25) is 20.0 Å². The van der Waals surface area contributed by atoms with Crippen molar-refractivity contribution in [1.29, 1.82) is 5.41 Å². The van der Waals surface area contributed by atoms with E-state index in [4.69, 9.17) is 22.6 Å². The fraction of sp³-hybridized carbons (Fsp3) is 0.625. The zero-order chi connectivity index (χ0) is 24.7. The van der Waals surface area contributed by atoms with Crippen molar-refractivity contribution in [3.05, 3.63) is 29.6 Å². The van der Waals surface area contributed by atoms with Gasteiger partial charge in [-0.25, -0.2) is 4.79 Å². The molecule has 0 unspecified atom stereocenters. The first-order valence-electron chi connectivity index (χ1n) is 12.0. The maximum absolute atomic E-state index is 12.4. The van der Waals surface area contributed by atoms with Crippen molar-refractivity contribution >= 4 is 23.6 Å². The van der Waals surface area contributed by atoms with Gasteiger partial charge < -0.3 is 27.2 Å². The molecule has 2 amide bonds. The number of nitrogens with two attached hydrogens (primary N) is 3. The lowest BCUT2D eigenvalue weighted by Crippen LogP contribution is -2.68. The molecule has 1 saturated heterocycles. The largest absolute Gasteiger partial charge is 0.479 e. The number of nitrogen functional groups attached to an aromatic ring is 1. The molecule has 5 fully saturated rings. The number of hydrogen-bond donors (Lipinski definition) is 5. The van der Waals surface area contributed by atoms with Gasteiger partial charge >= 0.3 is 5.97 Å². The van der Waals surface area contributed by atoms with Crippen molar-refractivity contribution in [3.63, 3.8) is 0 Å². The lowest BCUT2D eigenvalue weighted by Gasteiger charge is -2.63. The molecule has 1 aromatic heterocycles. The minimum absolute atomic E-state index is 0.0819. The zero-order valence-corrected chi connectivity index (χ0v) is 19.3. The second-order valence-electron chi connectivity index (χ2n) is 10.4. The van der Waals surface area contributed by atoms with Gasteiger partial charge in [-0.1, -0.05) is 0 Å². The molecule has 1 aliphatic heterocycles. The number of carbonyl (C=O) groups excluding carboxylic acids is 2. The Hall–Kier alpha value is -3.01. The average Bonchev–Trinajstić information content (AvgIpc) is 3.25. The Labute approximate surface area is 198 Å². The summed E-state index contributed by atoms with van der Waals surface area (Å²) < 4.78 is 0. The molecule has 0 radical (unpaired) electrons. The number of aromatic nitrogens is 1. The van der Waals surface area contributed by atoms with Crippen LogP contribution in [0.3, 0.4) is 0 Å². The fourth-order valence-corrected chi connectivity index (χ4v) is 7.58. The third-order valence-corrected chi connectivity index (χ3v) is 8.45. The minimum Gasteiger partial charge on any atom is -0.479 e. The smallest absolute Gasteiger partial charge is 0.330 e. The number of aliphatic carboxylic acids is 1. The molecule has 5 aliphatic rings. The number of carbonyl (C=O) groups is 3. The lowest BCUT2D eigenvalue weighted by atomic mass is 9.44. The number of amidine groups is 1. The van der Waals surface area contributed by atoms with E-state index in [0.717, 1.165) is 25.7 Å². The summed E-state index contributed by atoms with van der Waals surface area (Å²) in [4.78, 5) is 40.8. The number of nitrogens with zero attached hydrogens (tertiary/aromatic N) is 2. The van der Waals surface area contributed by atoms with Gasteiger partial charge in [0, 0.05) is 18.2 Å². The minimum atomic E-state index is -0.987. The Kier molecular flexibility index (Phi) is 6.37. The summed E-state index contributed by atoms with van der Waals surface area (Å²) in [6, 6.07) is 2.95. The van der Waals surface area contributed by atoms with E-state index in [1.165, 1.54) is 37.6 Å². The van der Waals surface area contributed by atoms with Gasteiger partial charge in [-0.15, -0.1) is 0 Å². The first-order valence-corrected chi connectivity index (χ1v) is 12.0.